The fourth-order valence-corrected chi connectivity index (χ4v) is 4.52. The number of amides is 1. The lowest BCUT2D eigenvalue weighted by molar-refractivity contribution is 0.0920. The summed E-state index contributed by atoms with van der Waals surface area (Å²) in [4.78, 5) is 12.9. The molecule has 1 N–H and O–H groups in total. The second-order valence-electron chi connectivity index (χ2n) is 8.53. The van der Waals surface area contributed by atoms with E-state index in [4.69, 9.17) is 21.1 Å². The van der Waals surface area contributed by atoms with E-state index >= 15 is 0 Å². The van der Waals surface area contributed by atoms with Gasteiger partial charge in [0, 0.05) is 35.3 Å². The third-order valence-electron chi connectivity index (χ3n) is 6.26. The largest absolute Gasteiger partial charge is 0.455 e. The number of aromatic nitrogens is 2. The summed E-state index contributed by atoms with van der Waals surface area (Å²) in [5.74, 6) is 1.03. The van der Waals surface area contributed by atoms with E-state index in [0.717, 1.165) is 58.0 Å². The van der Waals surface area contributed by atoms with Crippen molar-refractivity contribution in [2.24, 2.45) is 0 Å². The lowest BCUT2D eigenvalue weighted by Crippen LogP contribution is -2.23. The van der Waals surface area contributed by atoms with Crippen molar-refractivity contribution in [1.82, 2.24) is 15.1 Å². The molecule has 5 nitrogen and oxygen atoms in total. The Balaban J connectivity index is 1.35. The topological polar surface area (TPSA) is 60.1 Å². The normalized spacial score (nSPS) is 12.3. The van der Waals surface area contributed by atoms with E-state index in [9.17, 15) is 4.79 Å². The van der Waals surface area contributed by atoms with E-state index < -0.39 is 0 Å². The summed E-state index contributed by atoms with van der Waals surface area (Å²) in [5.41, 5.74) is 7.40. The van der Waals surface area contributed by atoms with Crippen LogP contribution in [0.2, 0.25) is 5.02 Å². The average molecular weight is 460 g/mol. The maximum Gasteiger partial charge on any atom is 0.287 e. The maximum atomic E-state index is 12.9. The van der Waals surface area contributed by atoms with Crippen LogP contribution in [0.1, 0.15) is 51.1 Å². The Labute approximate surface area is 198 Å². The van der Waals surface area contributed by atoms with Crippen LogP contribution in [-0.4, -0.2) is 15.7 Å². The lowest BCUT2D eigenvalue weighted by Gasteiger charge is -2.09. The van der Waals surface area contributed by atoms with Crippen molar-refractivity contribution < 1.29 is 9.21 Å². The second kappa shape index (κ2) is 8.91. The summed E-state index contributed by atoms with van der Waals surface area (Å²) in [6, 6.07) is 16.1. The number of halogens is 1. The molecule has 2 aromatic heterocycles. The quantitative estimate of drug-likeness (QED) is 0.399. The summed E-state index contributed by atoms with van der Waals surface area (Å²) < 4.78 is 8.00. The van der Waals surface area contributed by atoms with Crippen LogP contribution in [0.3, 0.4) is 0 Å². The number of aryl methyl sites for hydroxylation is 3. The molecule has 0 fully saturated rings. The molecule has 168 valence electrons. The molecule has 0 saturated heterocycles. The standard InChI is InChI=1S/C27H26ClN3O2/c1-3-18-4-6-19(7-5-18)14-29-27(32)26-17(2)24-23(33-26)13-10-21-16-31(30-25(21)24)15-20-8-11-22(28)12-9-20/h4-9,11-12,16H,3,10,13-15H2,1-2H3,(H,29,32). The predicted molar refractivity (Wildman–Crippen MR) is 130 cm³/mol. The molecule has 2 heterocycles. The minimum atomic E-state index is -0.191. The number of carbonyl (C=O) groups is 1. The zero-order valence-corrected chi connectivity index (χ0v) is 19.6. The number of benzene rings is 2. The molecule has 2 aromatic carbocycles. The summed E-state index contributed by atoms with van der Waals surface area (Å²) in [6.07, 6.45) is 4.71. The molecule has 0 radical (unpaired) electrons. The van der Waals surface area contributed by atoms with E-state index in [1.165, 1.54) is 11.1 Å². The predicted octanol–water partition coefficient (Wildman–Crippen LogP) is 5.74. The number of fused-ring (bicyclic) bond motifs is 3. The molecule has 0 unspecified atom stereocenters. The van der Waals surface area contributed by atoms with Crippen LogP contribution in [0, 0.1) is 6.92 Å². The Morgan fingerprint density at radius 2 is 1.76 bits per heavy atom. The van der Waals surface area contributed by atoms with E-state index in [1.54, 1.807) is 0 Å². The molecule has 0 spiro atoms. The first-order chi connectivity index (χ1) is 16.0. The smallest absolute Gasteiger partial charge is 0.287 e. The maximum absolute atomic E-state index is 12.9. The van der Waals surface area contributed by atoms with Gasteiger partial charge in [0.2, 0.25) is 0 Å². The van der Waals surface area contributed by atoms with E-state index in [2.05, 4.69) is 42.7 Å². The van der Waals surface area contributed by atoms with Gasteiger partial charge in [-0.05, 0) is 54.2 Å². The molecule has 0 atom stereocenters. The molecule has 0 aliphatic heterocycles. The number of rotatable bonds is 6. The van der Waals surface area contributed by atoms with Crippen molar-refractivity contribution in [3.8, 4) is 11.3 Å². The van der Waals surface area contributed by atoms with Crippen molar-refractivity contribution in [3.05, 3.63) is 99.1 Å². The van der Waals surface area contributed by atoms with Crippen LogP contribution >= 0.6 is 11.6 Å². The summed E-state index contributed by atoms with van der Waals surface area (Å²) in [6.45, 7) is 5.21. The van der Waals surface area contributed by atoms with Gasteiger partial charge in [-0.15, -0.1) is 0 Å². The Hall–Kier alpha value is -3.31. The highest BCUT2D eigenvalue weighted by Gasteiger charge is 2.29. The van der Waals surface area contributed by atoms with Crippen LogP contribution < -0.4 is 5.32 Å². The highest BCUT2D eigenvalue weighted by molar-refractivity contribution is 6.30. The van der Waals surface area contributed by atoms with Crippen LogP contribution in [-0.2, 0) is 32.4 Å². The molecule has 0 bridgehead atoms. The molecular formula is C27H26ClN3O2. The van der Waals surface area contributed by atoms with Gasteiger partial charge in [0.1, 0.15) is 5.76 Å². The van der Waals surface area contributed by atoms with Crippen LogP contribution in [0.5, 0.6) is 0 Å². The van der Waals surface area contributed by atoms with Gasteiger partial charge < -0.3 is 9.73 Å². The fraction of sp³-hybridized carbons (Fsp3) is 0.259. The van der Waals surface area contributed by atoms with Crippen LogP contribution in [0.4, 0.5) is 0 Å². The highest BCUT2D eigenvalue weighted by atomic mass is 35.5. The SMILES string of the molecule is CCc1ccc(CNC(=O)c2oc3c(c2C)-c2nn(Cc4ccc(Cl)cc4)cc2CC3)cc1. The molecule has 33 heavy (non-hydrogen) atoms. The molecule has 1 aliphatic rings. The molecular weight excluding hydrogens is 434 g/mol. The summed E-state index contributed by atoms with van der Waals surface area (Å²) in [5, 5.41) is 8.57. The molecule has 4 aromatic rings. The van der Waals surface area contributed by atoms with E-state index in [-0.39, 0.29) is 5.91 Å². The lowest BCUT2D eigenvalue weighted by atomic mass is 9.93. The Kier molecular flexibility index (Phi) is 5.81. The molecule has 1 aliphatic carbocycles. The average Bonchev–Trinajstić information content (AvgIpc) is 3.39. The summed E-state index contributed by atoms with van der Waals surface area (Å²) in [7, 11) is 0. The van der Waals surface area contributed by atoms with Gasteiger partial charge in [0.05, 0.1) is 12.2 Å². The number of carbonyl (C=O) groups excluding carboxylic acids is 1. The monoisotopic (exact) mass is 459 g/mol. The minimum Gasteiger partial charge on any atom is -0.455 e. The summed E-state index contributed by atoms with van der Waals surface area (Å²) >= 11 is 6.00. The van der Waals surface area contributed by atoms with Gasteiger partial charge in [0.15, 0.2) is 5.76 Å². The van der Waals surface area contributed by atoms with Crippen LogP contribution in [0.25, 0.3) is 11.3 Å². The highest BCUT2D eigenvalue weighted by Crippen LogP contribution is 2.38. The number of nitrogens with zero attached hydrogens (tertiary/aromatic N) is 2. The third kappa shape index (κ3) is 4.33. The Morgan fingerprint density at radius 3 is 2.48 bits per heavy atom. The van der Waals surface area contributed by atoms with E-state index in [0.29, 0.717) is 18.8 Å². The first-order valence-electron chi connectivity index (χ1n) is 11.3. The van der Waals surface area contributed by atoms with Gasteiger partial charge in [0.25, 0.3) is 5.91 Å². The minimum absolute atomic E-state index is 0.191. The number of nitrogens with one attached hydrogen (secondary N) is 1. The molecule has 6 heteroatoms. The van der Waals surface area contributed by atoms with Gasteiger partial charge in [-0.25, -0.2) is 0 Å². The van der Waals surface area contributed by atoms with Crippen molar-refractivity contribution in [3.63, 3.8) is 0 Å². The van der Waals surface area contributed by atoms with Crippen molar-refractivity contribution >= 4 is 17.5 Å². The van der Waals surface area contributed by atoms with Gasteiger partial charge in [-0.2, -0.15) is 5.10 Å². The van der Waals surface area contributed by atoms with Crippen molar-refractivity contribution in [2.45, 2.75) is 46.2 Å². The fourth-order valence-electron chi connectivity index (χ4n) is 4.39. The zero-order chi connectivity index (χ0) is 22.9. The van der Waals surface area contributed by atoms with Crippen molar-refractivity contribution in [1.29, 1.82) is 0 Å². The van der Waals surface area contributed by atoms with Gasteiger partial charge in [-0.3, -0.25) is 9.48 Å². The van der Waals surface area contributed by atoms with E-state index in [1.807, 2.05) is 35.9 Å². The van der Waals surface area contributed by atoms with Crippen molar-refractivity contribution in [2.75, 3.05) is 0 Å². The molecule has 5 rings (SSSR count). The van der Waals surface area contributed by atoms with Gasteiger partial charge in [-0.1, -0.05) is 54.9 Å². The molecule has 1 amide bonds. The number of furan rings is 1. The van der Waals surface area contributed by atoms with Gasteiger partial charge >= 0.3 is 0 Å². The Morgan fingerprint density at radius 1 is 1.06 bits per heavy atom. The first kappa shape index (κ1) is 21.5. The first-order valence-corrected chi connectivity index (χ1v) is 11.7. The number of hydrogen-bond donors (Lipinski definition) is 1. The second-order valence-corrected chi connectivity index (χ2v) is 8.97. The third-order valence-corrected chi connectivity index (χ3v) is 6.52. The van der Waals surface area contributed by atoms with Crippen LogP contribution in [0.15, 0.2) is 59.1 Å². The zero-order valence-electron chi connectivity index (χ0n) is 18.8. The molecule has 0 saturated carbocycles. The number of hydrogen-bond acceptors (Lipinski definition) is 3. The Bertz CT molecular complexity index is 1300.